The van der Waals surface area contributed by atoms with E-state index in [1.54, 1.807) is 6.07 Å². The molecule has 2 N–H and O–H groups in total. The highest BCUT2D eigenvalue weighted by atomic mass is 19.1. The van der Waals surface area contributed by atoms with Crippen LogP contribution in [0.3, 0.4) is 0 Å². The molecule has 0 spiro atoms. The number of anilines is 1. The van der Waals surface area contributed by atoms with Crippen LogP contribution in [0.25, 0.3) is 11.4 Å². The van der Waals surface area contributed by atoms with Crippen LogP contribution in [0.15, 0.2) is 48.5 Å². The third-order valence-electron chi connectivity index (χ3n) is 3.20. The summed E-state index contributed by atoms with van der Waals surface area (Å²) in [4.78, 5) is 24.5. The number of carbonyl (C=O) groups is 2. The van der Waals surface area contributed by atoms with Crippen molar-refractivity contribution in [2.24, 2.45) is 0 Å². The second-order valence-electron chi connectivity index (χ2n) is 5.14. The summed E-state index contributed by atoms with van der Waals surface area (Å²) in [5, 5.41) is 15.6. The van der Waals surface area contributed by atoms with Gasteiger partial charge in [0.05, 0.1) is 5.69 Å². The van der Waals surface area contributed by atoms with E-state index in [0.29, 0.717) is 5.56 Å². The summed E-state index contributed by atoms with van der Waals surface area (Å²) in [6.45, 7) is -0.396. The van der Waals surface area contributed by atoms with Crippen LogP contribution in [0.4, 0.5) is 19.3 Å². The summed E-state index contributed by atoms with van der Waals surface area (Å²) >= 11 is 0. The average Bonchev–Trinajstić information content (AvgIpc) is 3.05. The van der Waals surface area contributed by atoms with Gasteiger partial charge in [0.25, 0.3) is 5.91 Å². The Balaban J connectivity index is 1.58. The molecule has 1 heterocycles. The zero-order valence-electron chi connectivity index (χ0n) is 13.2. The average molecular weight is 358 g/mol. The molecule has 0 aliphatic heterocycles. The van der Waals surface area contributed by atoms with Gasteiger partial charge in [0.15, 0.2) is 0 Å². The molecule has 3 aromatic rings. The van der Waals surface area contributed by atoms with Crippen molar-refractivity contribution in [2.45, 2.75) is 6.54 Å². The van der Waals surface area contributed by atoms with Crippen molar-refractivity contribution in [3.05, 3.63) is 60.2 Å². The zero-order chi connectivity index (χ0) is 18.5. The summed E-state index contributed by atoms with van der Waals surface area (Å²) in [6, 6.07) is 10.2. The van der Waals surface area contributed by atoms with Crippen LogP contribution in [0.2, 0.25) is 0 Å². The lowest BCUT2D eigenvalue weighted by molar-refractivity contribution is -0.120. The number of halogens is 2. The molecule has 0 radical (unpaired) electrons. The number of carbonyl (C=O) groups excluding carboxylic acids is 2. The third-order valence-corrected chi connectivity index (χ3v) is 3.20. The Morgan fingerprint density at radius 3 is 2.65 bits per heavy atom. The van der Waals surface area contributed by atoms with E-state index in [-0.39, 0.29) is 11.5 Å². The number of benzene rings is 2. The maximum atomic E-state index is 13.4. The maximum Gasteiger partial charge on any atom is 0.326 e. The Morgan fingerprint density at radius 2 is 1.88 bits per heavy atom. The summed E-state index contributed by atoms with van der Waals surface area (Å²) < 4.78 is 26.6. The highest BCUT2D eigenvalue weighted by Crippen LogP contribution is 2.14. The van der Waals surface area contributed by atoms with E-state index in [0.717, 1.165) is 4.80 Å². The van der Waals surface area contributed by atoms with Crippen LogP contribution in [0.5, 0.6) is 0 Å². The number of nitrogens with one attached hydrogen (secondary N) is 2. The fraction of sp³-hybridized carbons (Fsp3) is 0.0625. The molecule has 26 heavy (non-hydrogen) atoms. The lowest BCUT2D eigenvalue weighted by atomic mass is 10.2. The summed E-state index contributed by atoms with van der Waals surface area (Å²) in [5.41, 5.74) is 0.332. The van der Waals surface area contributed by atoms with Crippen LogP contribution in [0, 0.1) is 11.6 Å². The Bertz CT molecular complexity index is 959. The van der Waals surface area contributed by atoms with E-state index in [1.807, 2.05) is 5.32 Å². The molecule has 0 aliphatic rings. The second kappa shape index (κ2) is 7.47. The molecular formula is C16H12F2N6O2. The molecule has 0 aliphatic carbocycles. The zero-order valence-corrected chi connectivity index (χ0v) is 13.2. The first-order chi connectivity index (χ1) is 12.5. The fourth-order valence-electron chi connectivity index (χ4n) is 2.06. The van der Waals surface area contributed by atoms with Gasteiger partial charge in [0.2, 0.25) is 5.82 Å². The third kappa shape index (κ3) is 4.23. The predicted octanol–water partition coefficient (Wildman–Crippen LogP) is 1.97. The molecule has 3 rings (SSSR count). The van der Waals surface area contributed by atoms with Crippen LogP contribution >= 0.6 is 0 Å². The van der Waals surface area contributed by atoms with Crippen LogP contribution < -0.4 is 10.6 Å². The summed E-state index contributed by atoms with van der Waals surface area (Å²) in [6.07, 6.45) is 0. The van der Waals surface area contributed by atoms with E-state index < -0.39 is 30.1 Å². The topological polar surface area (TPSA) is 102 Å². The minimum atomic E-state index is -0.898. The normalized spacial score (nSPS) is 10.4. The Morgan fingerprint density at radius 1 is 1.08 bits per heavy atom. The van der Waals surface area contributed by atoms with Gasteiger partial charge in [-0.3, -0.25) is 10.1 Å². The van der Waals surface area contributed by atoms with Crippen molar-refractivity contribution in [1.82, 2.24) is 25.5 Å². The Hall–Kier alpha value is -3.69. The SMILES string of the molecule is O=C(Cn1nnc(-c2cccc(F)c2)n1)NC(=O)Nc1ccccc1F. The number of tetrazole rings is 1. The van der Waals surface area contributed by atoms with E-state index in [1.165, 1.54) is 42.5 Å². The second-order valence-corrected chi connectivity index (χ2v) is 5.14. The van der Waals surface area contributed by atoms with Gasteiger partial charge in [0, 0.05) is 5.56 Å². The Labute approximate surface area is 145 Å². The van der Waals surface area contributed by atoms with Gasteiger partial charge in [-0.05, 0) is 29.5 Å². The molecule has 8 nitrogen and oxygen atoms in total. The van der Waals surface area contributed by atoms with Crippen LogP contribution in [-0.2, 0) is 11.3 Å². The quantitative estimate of drug-likeness (QED) is 0.742. The molecule has 0 saturated heterocycles. The smallest absolute Gasteiger partial charge is 0.305 e. The van der Waals surface area contributed by atoms with E-state index in [9.17, 15) is 18.4 Å². The number of aromatic nitrogens is 4. The molecule has 0 saturated carbocycles. The molecule has 0 fully saturated rings. The van der Waals surface area contributed by atoms with Crippen molar-refractivity contribution < 1.29 is 18.4 Å². The number of amides is 3. The number of para-hydroxylation sites is 1. The van der Waals surface area contributed by atoms with Crippen molar-refractivity contribution in [2.75, 3.05) is 5.32 Å². The molecular weight excluding hydrogens is 346 g/mol. The largest absolute Gasteiger partial charge is 0.326 e. The Kier molecular flexibility index (Phi) is 4.92. The molecule has 3 amide bonds. The van der Waals surface area contributed by atoms with Gasteiger partial charge < -0.3 is 5.32 Å². The van der Waals surface area contributed by atoms with Crippen LogP contribution in [-0.4, -0.2) is 32.1 Å². The van der Waals surface area contributed by atoms with Crippen molar-refractivity contribution in [3.8, 4) is 11.4 Å². The summed E-state index contributed by atoms with van der Waals surface area (Å²) in [5.74, 6) is -1.69. The monoisotopic (exact) mass is 358 g/mol. The van der Waals surface area contributed by atoms with Crippen molar-refractivity contribution in [1.29, 1.82) is 0 Å². The minimum absolute atomic E-state index is 0.0647. The standard InChI is InChI=1S/C16H12F2N6O2/c17-11-5-3-4-10(8-11)15-21-23-24(22-15)9-14(25)20-16(26)19-13-7-2-1-6-12(13)18/h1-8H,9H2,(H2,19,20,25,26). The maximum absolute atomic E-state index is 13.4. The molecule has 0 atom stereocenters. The number of hydrogen-bond acceptors (Lipinski definition) is 5. The van der Waals surface area contributed by atoms with Crippen molar-refractivity contribution in [3.63, 3.8) is 0 Å². The van der Waals surface area contributed by atoms with E-state index in [4.69, 9.17) is 0 Å². The molecule has 1 aromatic heterocycles. The predicted molar refractivity (Wildman–Crippen MR) is 86.8 cm³/mol. The summed E-state index contributed by atoms with van der Waals surface area (Å²) in [7, 11) is 0. The number of rotatable bonds is 4. The minimum Gasteiger partial charge on any atom is -0.305 e. The van der Waals surface area contributed by atoms with Crippen molar-refractivity contribution >= 4 is 17.6 Å². The van der Waals surface area contributed by atoms with E-state index >= 15 is 0 Å². The number of urea groups is 1. The van der Waals surface area contributed by atoms with Gasteiger partial charge >= 0.3 is 6.03 Å². The highest BCUT2D eigenvalue weighted by molar-refractivity contribution is 6.01. The lowest BCUT2D eigenvalue weighted by Gasteiger charge is -2.06. The van der Waals surface area contributed by atoms with Gasteiger partial charge in [-0.25, -0.2) is 13.6 Å². The fourth-order valence-corrected chi connectivity index (χ4v) is 2.06. The van der Waals surface area contributed by atoms with Gasteiger partial charge in [-0.15, -0.1) is 10.2 Å². The number of nitrogens with zero attached hydrogens (tertiary/aromatic N) is 4. The molecule has 0 bridgehead atoms. The molecule has 10 heteroatoms. The van der Waals surface area contributed by atoms with Crippen LogP contribution in [0.1, 0.15) is 0 Å². The first kappa shape index (κ1) is 17.1. The van der Waals surface area contributed by atoms with Gasteiger partial charge in [-0.2, -0.15) is 4.80 Å². The molecule has 132 valence electrons. The lowest BCUT2D eigenvalue weighted by Crippen LogP contribution is -2.37. The first-order valence-corrected chi connectivity index (χ1v) is 7.40. The van der Waals surface area contributed by atoms with E-state index in [2.05, 4.69) is 20.7 Å². The first-order valence-electron chi connectivity index (χ1n) is 7.40. The van der Waals surface area contributed by atoms with Gasteiger partial charge in [0.1, 0.15) is 18.2 Å². The highest BCUT2D eigenvalue weighted by Gasteiger charge is 2.13. The number of imide groups is 1. The molecule has 2 aromatic carbocycles. The van der Waals surface area contributed by atoms with Gasteiger partial charge in [-0.1, -0.05) is 24.3 Å². The number of hydrogen-bond donors (Lipinski definition) is 2. The molecule has 0 unspecified atom stereocenters.